The molecule has 41 heavy (non-hydrogen) atoms. The maximum atomic E-state index is 14.8. The van der Waals surface area contributed by atoms with E-state index < -0.39 is 39.4 Å². The highest BCUT2D eigenvalue weighted by Gasteiger charge is 2.74. The van der Waals surface area contributed by atoms with Crippen molar-refractivity contribution in [3.05, 3.63) is 89.5 Å². The minimum Gasteiger partial charge on any atom is -0.465 e. The van der Waals surface area contributed by atoms with Gasteiger partial charge in [0.1, 0.15) is 6.04 Å². The summed E-state index contributed by atoms with van der Waals surface area (Å²) in [6, 6.07) is 14.2. The van der Waals surface area contributed by atoms with Crippen molar-refractivity contribution in [2.45, 2.75) is 55.2 Å². The standard InChI is InChI=1S/C33H36N2O5S/c1-21-12-13-22(2)25(18-21)34-16-9-15-33-26(27-31(39)40-17-8-7-14-32(27,3)41-33)29(37)35(28(33)30(34)38)24(20-36)19-23-10-5-4-6-11-23/h4-7,9-15,18,24,26-28,36H,8,16-17,19-20H2,1-3H3/t24-,26+,27+,28?,32-,33+/m1/s1. The summed E-state index contributed by atoms with van der Waals surface area (Å²) in [5.41, 5.74) is 3.75. The Morgan fingerprint density at radius 3 is 2.56 bits per heavy atom. The van der Waals surface area contributed by atoms with Crippen LogP contribution in [0.1, 0.15) is 30.0 Å². The molecule has 1 N–H and O–H groups in total. The lowest BCUT2D eigenvalue weighted by atomic mass is 9.74. The van der Waals surface area contributed by atoms with Gasteiger partial charge in [-0.05, 0) is 56.4 Å². The van der Waals surface area contributed by atoms with Crippen LogP contribution in [0.3, 0.4) is 0 Å². The molecule has 1 unspecified atom stereocenters. The van der Waals surface area contributed by atoms with E-state index >= 15 is 0 Å². The Kier molecular flexibility index (Phi) is 7.10. The van der Waals surface area contributed by atoms with Gasteiger partial charge < -0.3 is 19.6 Å². The number of hydrogen-bond donors (Lipinski definition) is 1. The van der Waals surface area contributed by atoms with Gasteiger partial charge in [-0.15, -0.1) is 11.8 Å². The number of likely N-dealkylation sites (tertiary alicyclic amines) is 1. The minimum atomic E-state index is -1.00. The molecule has 0 saturated carbocycles. The largest absolute Gasteiger partial charge is 0.465 e. The van der Waals surface area contributed by atoms with Gasteiger partial charge in [-0.1, -0.05) is 66.8 Å². The topological polar surface area (TPSA) is 87.2 Å². The molecular weight excluding hydrogens is 536 g/mol. The Labute approximate surface area is 245 Å². The van der Waals surface area contributed by atoms with Crippen molar-refractivity contribution >= 4 is 35.2 Å². The Hall–Kier alpha value is -3.36. The number of rotatable bonds is 5. The first-order valence-electron chi connectivity index (χ1n) is 14.3. The molecule has 8 heteroatoms. The first-order chi connectivity index (χ1) is 19.7. The van der Waals surface area contributed by atoms with Crippen molar-refractivity contribution < 1.29 is 24.2 Å². The van der Waals surface area contributed by atoms with Crippen LogP contribution in [-0.2, 0) is 25.5 Å². The Morgan fingerprint density at radius 1 is 1.02 bits per heavy atom. The number of amides is 2. The van der Waals surface area contributed by atoms with Gasteiger partial charge in [0.2, 0.25) is 5.91 Å². The van der Waals surface area contributed by atoms with E-state index in [1.165, 1.54) is 11.8 Å². The highest BCUT2D eigenvalue weighted by molar-refractivity contribution is 8.02. The third-order valence-corrected chi connectivity index (χ3v) is 10.8. The molecule has 4 heterocycles. The van der Waals surface area contributed by atoms with Crippen molar-refractivity contribution in [3.63, 3.8) is 0 Å². The summed E-state index contributed by atoms with van der Waals surface area (Å²) in [7, 11) is 0. The van der Waals surface area contributed by atoms with E-state index in [1.807, 2.05) is 93.6 Å². The van der Waals surface area contributed by atoms with Crippen LogP contribution in [0, 0.1) is 25.7 Å². The van der Waals surface area contributed by atoms with E-state index in [2.05, 4.69) is 0 Å². The molecule has 2 amide bonds. The first kappa shape index (κ1) is 27.8. The second kappa shape index (κ2) is 10.5. The quantitative estimate of drug-likeness (QED) is 0.431. The molecule has 6 rings (SSSR count). The lowest BCUT2D eigenvalue weighted by Crippen LogP contribution is -2.57. The number of hydrogen-bond acceptors (Lipinski definition) is 6. The van der Waals surface area contributed by atoms with Crippen molar-refractivity contribution in [1.82, 2.24) is 4.90 Å². The number of aliphatic hydroxyl groups excluding tert-OH is 1. The molecule has 0 aromatic heterocycles. The SMILES string of the molecule is Cc1ccc(C)c(N2CC=C[C@]34S[C@]5(C)C=CCCOC(=O)[C@@H]5[C@H]3C(=O)N([C@@H](CO)Cc3ccccc3)C4C2=O)c1. The summed E-state index contributed by atoms with van der Waals surface area (Å²) in [5.74, 6) is -2.45. The van der Waals surface area contributed by atoms with Gasteiger partial charge in [-0.3, -0.25) is 14.4 Å². The van der Waals surface area contributed by atoms with Crippen LogP contribution in [0.25, 0.3) is 0 Å². The number of carbonyl (C=O) groups is 3. The van der Waals surface area contributed by atoms with E-state index in [4.69, 9.17) is 4.74 Å². The molecule has 6 atom stereocenters. The van der Waals surface area contributed by atoms with Crippen LogP contribution in [0.2, 0.25) is 0 Å². The normalized spacial score (nSPS) is 31.6. The maximum absolute atomic E-state index is 14.8. The summed E-state index contributed by atoms with van der Waals surface area (Å²) >= 11 is 1.52. The molecule has 4 aliphatic rings. The Bertz CT molecular complexity index is 1440. The van der Waals surface area contributed by atoms with Gasteiger partial charge in [-0.25, -0.2) is 0 Å². The first-order valence-corrected chi connectivity index (χ1v) is 15.1. The number of cyclic esters (lactones) is 1. The van der Waals surface area contributed by atoms with Gasteiger partial charge in [-0.2, -0.15) is 0 Å². The minimum absolute atomic E-state index is 0.200. The van der Waals surface area contributed by atoms with Crippen molar-refractivity contribution in [3.8, 4) is 0 Å². The van der Waals surface area contributed by atoms with E-state index in [0.717, 1.165) is 22.4 Å². The molecule has 0 radical (unpaired) electrons. The second-order valence-corrected chi connectivity index (χ2v) is 13.6. The number of benzene rings is 2. The molecule has 4 aliphatic heterocycles. The highest BCUT2D eigenvalue weighted by atomic mass is 32.2. The summed E-state index contributed by atoms with van der Waals surface area (Å²) in [6.45, 7) is 6.25. The van der Waals surface area contributed by atoms with Crippen molar-refractivity contribution in [2.75, 3.05) is 24.7 Å². The molecule has 2 aromatic rings. The molecule has 214 valence electrons. The Morgan fingerprint density at radius 2 is 1.80 bits per heavy atom. The van der Waals surface area contributed by atoms with Gasteiger partial charge in [0.15, 0.2) is 0 Å². The van der Waals surface area contributed by atoms with Crippen molar-refractivity contribution in [2.24, 2.45) is 11.8 Å². The van der Waals surface area contributed by atoms with E-state index in [0.29, 0.717) is 19.4 Å². The molecule has 7 nitrogen and oxygen atoms in total. The number of aliphatic hydroxyl groups is 1. The number of esters is 1. The summed E-state index contributed by atoms with van der Waals surface area (Å²) < 4.78 is 3.92. The van der Waals surface area contributed by atoms with E-state index in [1.54, 1.807) is 9.80 Å². The number of thioether (sulfide) groups is 1. The number of anilines is 1. The molecule has 2 aromatic carbocycles. The van der Waals surface area contributed by atoms with Gasteiger partial charge >= 0.3 is 5.97 Å². The third kappa shape index (κ3) is 4.43. The highest BCUT2D eigenvalue weighted by Crippen LogP contribution is 2.65. The van der Waals surface area contributed by atoms with Crippen LogP contribution in [0.15, 0.2) is 72.8 Å². The number of nitrogens with zero attached hydrogens (tertiary/aromatic N) is 2. The zero-order valence-corrected chi connectivity index (χ0v) is 24.5. The van der Waals surface area contributed by atoms with Gasteiger partial charge in [0.25, 0.3) is 5.91 Å². The second-order valence-electron chi connectivity index (χ2n) is 11.8. The fraction of sp³-hybridized carbons (Fsp3) is 0.424. The molecule has 1 spiro atoms. The number of aryl methyl sites for hydroxylation is 2. The summed E-state index contributed by atoms with van der Waals surface area (Å²) in [5, 5.41) is 10.7. The fourth-order valence-corrected chi connectivity index (χ4v) is 9.32. The number of carbonyl (C=O) groups excluding carboxylic acids is 3. The lowest BCUT2D eigenvalue weighted by molar-refractivity contribution is -0.154. The predicted octanol–water partition coefficient (Wildman–Crippen LogP) is 4.00. The van der Waals surface area contributed by atoms with E-state index in [9.17, 15) is 19.5 Å². The smallest absolute Gasteiger partial charge is 0.311 e. The number of fused-ring (bicyclic) bond motifs is 2. The lowest BCUT2D eigenvalue weighted by Gasteiger charge is -2.40. The summed E-state index contributed by atoms with van der Waals surface area (Å²) in [4.78, 5) is 46.5. The fourth-order valence-electron chi connectivity index (χ4n) is 7.18. The average molecular weight is 573 g/mol. The monoisotopic (exact) mass is 572 g/mol. The maximum Gasteiger partial charge on any atom is 0.311 e. The van der Waals surface area contributed by atoms with Gasteiger partial charge in [0, 0.05) is 17.0 Å². The van der Waals surface area contributed by atoms with Crippen LogP contribution < -0.4 is 4.90 Å². The third-order valence-electron chi connectivity index (χ3n) is 9.03. The van der Waals surface area contributed by atoms with Gasteiger partial charge in [0.05, 0.1) is 35.8 Å². The van der Waals surface area contributed by atoms with Crippen LogP contribution in [-0.4, -0.2) is 69.1 Å². The molecule has 0 bridgehead atoms. The zero-order chi connectivity index (χ0) is 28.9. The van der Waals surface area contributed by atoms with Crippen LogP contribution in [0.5, 0.6) is 0 Å². The molecular formula is C33H36N2O5S. The van der Waals surface area contributed by atoms with Crippen LogP contribution >= 0.6 is 11.8 Å². The summed E-state index contributed by atoms with van der Waals surface area (Å²) in [6.07, 6.45) is 9.01. The zero-order valence-electron chi connectivity index (χ0n) is 23.7. The molecule has 0 aliphatic carbocycles. The average Bonchev–Trinajstić information content (AvgIpc) is 3.28. The molecule has 2 fully saturated rings. The predicted molar refractivity (Wildman–Crippen MR) is 159 cm³/mol. The van der Waals surface area contributed by atoms with Crippen LogP contribution in [0.4, 0.5) is 5.69 Å². The molecule has 2 saturated heterocycles. The number of ether oxygens (including phenoxy) is 1. The Balaban J connectivity index is 1.52. The van der Waals surface area contributed by atoms with Crippen molar-refractivity contribution in [1.29, 1.82) is 0 Å². The van der Waals surface area contributed by atoms with E-state index in [-0.39, 0.29) is 25.0 Å².